The lowest BCUT2D eigenvalue weighted by Gasteiger charge is -1.85. The molecule has 1 aromatic rings. The first-order valence-corrected chi connectivity index (χ1v) is 2.48. The smallest absolute Gasteiger partial charge is 0.153 e. The fourth-order valence-electron chi connectivity index (χ4n) is 0.497. The van der Waals surface area contributed by atoms with Crippen LogP contribution in [0.4, 0.5) is 0 Å². The molecule has 3 nitrogen and oxygen atoms in total. The Morgan fingerprint density at radius 3 is 3.11 bits per heavy atom. The van der Waals surface area contributed by atoms with Gasteiger partial charge < -0.3 is 4.98 Å². The van der Waals surface area contributed by atoms with Gasteiger partial charge in [0.05, 0.1) is 0 Å². The number of aromatic nitrogens is 2. The van der Waals surface area contributed by atoms with Crippen LogP contribution < -0.4 is 0 Å². The number of rotatable bonds is 2. The Hall–Kier alpha value is -1.38. The largest absolute Gasteiger partial charge is 0.345 e. The Bertz CT molecular complexity index is 213. The number of aromatic amines is 1. The van der Waals surface area contributed by atoms with Gasteiger partial charge in [-0.15, -0.1) is 0 Å². The minimum absolute atomic E-state index is 0.375. The summed E-state index contributed by atoms with van der Waals surface area (Å²) in [6, 6.07) is 0. The van der Waals surface area contributed by atoms with Gasteiger partial charge in [-0.3, -0.25) is 4.79 Å². The van der Waals surface area contributed by atoms with E-state index in [1.165, 1.54) is 0 Å². The van der Waals surface area contributed by atoms with Crippen LogP contribution in [0.5, 0.6) is 0 Å². The molecule has 0 aliphatic carbocycles. The van der Waals surface area contributed by atoms with E-state index in [0.717, 1.165) is 0 Å². The highest BCUT2D eigenvalue weighted by molar-refractivity contribution is 6.03. The quantitative estimate of drug-likeness (QED) is 0.461. The molecule has 46 valence electrons. The van der Waals surface area contributed by atoms with Crippen molar-refractivity contribution < 1.29 is 4.79 Å². The van der Waals surface area contributed by atoms with Crippen molar-refractivity contribution in [3.05, 3.63) is 24.8 Å². The van der Waals surface area contributed by atoms with Gasteiger partial charge in [0.1, 0.15) is 5.82 Å². The van der Waals surface area contributed by atoms with Crippen LogP contribution in [0.3, 0.4) is 0 Å². The number of nitrogens with zero attached hydrogens (tertiary/aromatic N) is 1. The van der Waals surface area contributed by atoms with Crippen molar-refractivity contribution in [2.45, 2.75) is 0 Å². The van der Waals surface area contributed by atoms with Crippen LogP contribution in [0.2, 0.25) is 0 Å². The van der Waals surface area contributed by atoms with E-state index in [0.29, 0.717) is 17.7 Å². The van der Waals surface area contributed by atoms with E-state index in [2.05, 4.69) is 16.5 Å². The summed E-state index contributed by atoms with van der Waals surface area (Å²) in [5.74, 6) is 0.532. The van der Waals surface area contributed by atoms with Gasteiger partial charge in [0.15, 0.2) is 6.29 Å². The Labute approximate surface area is 52.4 Å². The Morgan fingerprint density at radius 2 is 2.67 bits per heavy atom. The molecule has 0 radical (unpaired) electrons. The topological polar surface area (TPSA) is 45.8 Å². The second-order valence-electron chi connectivity index (χ2n) is 1.58. The second-order valence-corrected chi connectivity index (χ2v) is 1.58. The van der Waals surface area contributed by atoms with Crippen molar-refractivity contribution in [3.63, 3.8) is 0 Å². The van der Waals surface area contributed by atoms with Gasteiger partial charge in [0, 0.05) is 18.0 Å². The molecule has 1 aromatic heterocycles. The molecular formula is C6H6N2O. The molecule has 0 unspecified atom stereocenters. The monoisotopic (exact) mass is 122 g/mol. The van der Waals surface area contributed by atoms with Gasteiger partial charge in [-0.2, -0.15) is 0 Å². The molecule has 1 N–H and O–H groups in total. The average Bonchev–Trinajstić information content (AvgIpc) is 2.37. The van der Waals surface area contributed by atoms with Crippen LogP contribution in [0, 0.1) is 0 Å². The molecule has 0 amide bonds. The van der Waals surface area contributed by atoms with Crippen LogP contribution in [0.25, 0.3) is 5.57 Å². The normalized spacial score (nSPS) is 8.89. The summed E-state index contributed by atoms with van der Waals surface area (Å²) < 4.78 is 0. The van der Waals surface area contributed by atoms with Gasteiger partial charge >= 0.3 is 0 Å². The Kier molecular flexibility index (Phi) is 1.44. The maximum atomic E-state index is 10.0. The number of hydrogen-bond donors (Lipinski definition) is 1. The Balaban J connectivity index is 2.89. The predicted molar refractivity (Wildman–Crippen MR) is 33.7 cm³/mol. The molecule has 0 aromatic carbocycles. The standard InChI is InChI=1S/C6H6N2O/c1-5(4-9)6-7-2-3-8-6/h2-4H,1H2,(H,7,8). The lowest BCUT2D eigenvalue weighted by atomic mass is 10.3. The highest BCUT2D eigenvalue weighted by atomic mass is 16.1. The lowest BCUT2D eigenvalue weighted by molar-refractivity contribution is -0.103. The summed E-state index contributed by atoms with van der Waals surface area (Å²) in [7, 11) is 0. The summed E-state index contributed by atoms with van der Waals surface area (Å²) in [5, 5.41) is 0. The maximum Gasteiger partial charge on any atom is 0.153 e. The minimum atomic E-state index is 0.375. The van der Waals surface area contributed by atoms with E-state index < -0.39 is 0 Å². The molecule has 1 rings (SSSR count). The molecule has 1 heterocycles. The number of nitrogens with one attached hydrogen (secondary N) is 1. The fourth-order valence-corrected chi connectivity index (χ4v) is 0.497. The molecule has 3 heteroatoms. The molecule has 0 saturated carbocycles. The Morgan fingerprint density at radius 1 is 1.89 bits per heavy atom. The molecule has 0 fully saturated rings. The number of hydrogen-bond acceptors (Lipinski definition) is 2. The van der Waals surface area contributed by atoms with Gasteiger partial charge in [0.2, 0.25) is 0 Å². The number of allylic oxidation sites excluding steroid dienone is 1. The molecule has 0 aliphatic rings. The van der Waals surface area contributed by atoms with Crippen molar-refractivity contribution in [3.8, 4) is 0 Å². The number of H-pyrrole nitrogens is 1. The highest BCUT2D eigenvalue weighted by Crippen LogP contribution is 1.99. The van der Waals surface area contributed by atoms with E-state index in [1.807, 2.05) is 0 Å². The first kappa shape index (κ1) is 5.75. The van der Waals surface area contributed by atoms with Crippen molar-refractivity contribution in [2.24, 2.45) is 0 Å². The van der Waals surface area contributed by atoms with Gasteiger partial charge in [0.25, 0.3) is 0 Å². The number of imidazole rings is 1. The van der Waals surface area contributed by atoms with Crippen molar-refractivity contribution in [1.82, 2.24) is 9.97 Å². The van der Waals surface area contributed by atoms with Gasteiger partial charge in [-0.1, -0.05) is 6.58 Å². The van der Waals surface area contributed by atoms with Crippen LogP contribution in [0.15, 0.2) is 19.0 Å². The average molecular weight is 122 g/mol. The zero-order valence-electron chi connectivity index (χ0n) is 4.79. The van der Waals surface area contributed by atoms with Crippen LogP contribution in [-0.2, 0) is 4.79 Å². The summed E-state index contributed by atoms with van der Waals surface area (Å²) in [5.41, 5.74) is 0.375. The number of carbonyl (C=O) groups excluding carboxylic acids is 1. The van der Waals surface area contributed by atoms with Crippen molar-refractivity contribution >= 4 is 11.9 Å². The van der Waals surface area contributed by atoms with Crippen LogP contribution in [0.1, 0.15) is 5.82 Å². The zero-order valence-corrected chi connectivity index (χ0v) is 4.79. The van der Waals surface area contributed by atoms with E-state index in [4.69, 9.17) is 0 Å². The van der Waals surface area contributed by atoms with E-state index in [-0.39, 0.29) is 0 Å². The summed E-state index contributed by atoms with van der Waals surface area (Å²) in [6.07, 6.45) is 3.88. The first-order chi connectivity index (χ1) is 4.34. The highest BCUT2D eigenvalue weighted by Gasteiger charge is 1.95. The third-order valence-corrected chi connectivity index (χ3v) is 0.945. The fraction of sp³-hybridized carbons (Fsp3) is 0. The van der Waals surface area contributed by atoms with Crippen LogP contribution in [-0.4, -0.2) is 16.3 Å². The SMILES string of the molecule is C=C(C=O)c1ncc[nH]1. The van der Waals surface area contributed by atoms with Crippen molar-refractivity contribution in [1.29, 1.82) is 0 Å². The molecule has 0 saturated heterocycles. The second kappa shape index (κ2) is 2.26. The summed E-state index contributed by atoms with van der Waals surface area (Å²) >= 11 is 0. The third-order valence-electron chi connectivity index (χ3n) is 0.945. The van der Waals surface area contributed by atoms with Crippen LogP contribution >= 0.6 is 0 Å². The molecule has 0 aliphatic heterocycles. The first-order valence-electron chi connectivity index (χ1n) is 2.48. The van der Waals surface area contributed by atoms with E-state index >= 15 is 0 Å². The summed E-state index contributed by atoms with van der Waals surface area (Å²) in [6.45, 7) is 3.45. The molecule has 0 bridgehead atoms. The van der Waals surface area contributed by atoms with Crippen molar-refractivity contribution in [2.75, 3.05) is 0 Å². The maximum absolute atomic E-state index is 10.0. The molecular weight excluding hydrogens is 116 g/mol. The predicted octanol–water partition coefficient (Wildman–Crippen LogP) is 0.622. The number of carbonyl (C=O) groups is 1. The third kappa shape index (κ3) is 1.05. The van der Waals surface area contributed by atoms with E-state index in [1.54, 1.807) is 12.4 Å². The lowest BCUT2D eigenvalue weighted by Crippen LogP contribution is -1.84. The zero-order chi connectivity index (χ0) is 6.69. The number of aldehydes is 1. The molecule has 0 atom stereocenters. The molecule has 9 heavy (non-hydrogen) atoms. The van der Waals surface area contributed by atoms with Gasteiger partial charge in [-0.25, -0.2) is 4.98 Å². The minimum Gasteiger partial charge on any atom is -0.345 e. The summed E-state index contributed by atoms with van der Waals surface area (Å²) in [4.78, 5) is 16.6. The van der Waals surface area contributed by atoms with E-state index in [9.17, 15) is 4.79 Å². The van der Waals surface area contributed by atoms with Gasteiger partial charge in [-0.05, 0) is 0 Å². The molecule has 0 spiro atoms.